The first-order valence-electron chi connectivity index (χ1n) is 4.54. The first-order chi connectivity index (χ1) is 6.74. The SMILES string of the molecule is CC(C)=C/C=C(\C#N)c1ccccc1. The zero-order valence-electron chi connectivity index (χ0n) is 8.49. The first-order valence-corrected chi connectivity index (χ1v) is 4.54. The van der Waals surface area contributed by atoms with Crippen molar-refractivity contribution in [2.75, 3.05) is 0 Å². The predicted octanol–water partition coefficient (Wildman–Crippen LogP) is 3.56. The van der Waals surface area contributed by atoms with E-state index in [9.17, 15) is 0 Å². The fourth-order valence-corrected chi connectivity index (χ4v) is 1.07. The van der Waals surface area contributed by atoms with E-state index in [1.54, 1.807) is 0 Å². The summed E-state index contributed by atoms with van der Waals surface area (Å²) in [4.78, 5) is 0. The van der Waals surface area contributed by atoms with Crippen LogP contribution in [0.2, 0.25) is 0 Å². The predicted molar refractivity (Wildman–Crippen MR) is 59.5 cm³/mol. The van der Waals surface area contributed by atoms with Crippen molar-refractivity contribution in [3.05, 3.63) is 53.6 Å². The van der Waals surface area contributed by atoms with E-state index in [0.717, 1.165) is 5.56 Å². The van der Waals surface area contributed by atoms with Gasteiger partial charge >= 0.3 is 0 Å². The molecule has 0 saturated carbocycles. The summed E-state index contributed by atoms with van der Waals surface area (Å²) in [7, 11) is 0. The van der Waals surface area contributed by atoms with E-state index in [2.05, 4.69) is 6.07 Å². The van der Waals surface area contributed by atoms with Crippen LogP contribution < -0.4 is 0 Å². The third-order valence-electron chi connectivity index (χ3n) is 1.79. The normalized spacial score (nSPS) is 10.5. The van der Waals surface area contributed by atoms with Crippen LogP contribution in [0.15, 0.2) is 48.1 Å². The fraction of sp³-hybridized carbons (Fsp3) is 0.154. The Bertz CT molecular complexity index is 387. The van der Waals surface area contributed by atoms with Crippen LogP contribution in [0, 0.1) is 11.3 Å². The summed E-state index contributed by atoms with van der Waals surface area (Å²) in [5, 5.41) is 8.94. The molecule has 0 heterocycles. The zero-order valence-corrected chi connectivity index (χ0v) is 8.49. The smallest absolute Gasteiger partial charge is 0.0997 e. The maximum absolute atomic E-state index is 8.94. The van der Waals surface area contributed by atoms with E-state index >= 15 is 0 Å². The molecule has 70 valence electrons. The van der Waals surface area contributed by atoms with Gasteiger partial charge in [0, 0.05) is 0 Å². The third-order valence-corrected chi connectivity index (χ3v) is 1.79. The number of nitrogens with zero attached hydrogens (tertiary/aromatic N) is 1. The highest BCUT2D eigenvalue weighted by atomic mass is 14.2. The molecule has 0 aliphatic heterocycles. The molecule has 14 heavy (non-hydrogen) atoms. The van der Waals surface area contributed by atoms with Crippen molar-refractivity contribution in [2.24, 2.45) is 0 Å². The van der Waals surface area contributed by atoms with E-state index in [1.165, 1.54) is 5.57 Å². The van der Waals surface area contributed by atoms with Crippen LogP contribution in [0.25, 0.3) is 5.57 Å². The second kappa shape index (κ2) is 5.04. The van der Waals surface area contributed by atoms with E-state index in [0.29, 0.717) is 5.57 Å². The number of rotatable bonds is 2. The molecular weight excluding hydrogens is 170 g/mol. The van der Waals surface area contributed by atoms with Gasteiger partial charge in [-0.1, -0.05) is 42.0 Å². The molecule has 0 aliphatic carbocycles. The Morgan fingerprint density at radius 1 is 1.14 bits per heavy atom. The lowest BCUT2D eigenvalue weighted by Gasteiger charge is -1.96. The summed E-state index contributed by atoms with van der Waals surface area (Å²) in [6.07, 6.45) is 3.80. The number of nitriles is 1. The molecule has 0 aliphatic rings. The minimum Gasteiger partial charge on any atom is -0.192 e. The lowest BCUT2D eigenvalue weighted by molar-refractivity contribution is 1.39. The van der Waals surface area contributed by atoms with Gasteiger partial charge in [0.15, 0.2) is 0 Å². The van der Waals surface area contributed by atoms with Crippen LogP contribution in [0.3, 0.4) is 0 Å². The van der Waals surface area contributed by atoms with Crippen molar-refractivity contribution >= 4 is 5.57 Å². The van der Waals surface area contributed by atoms with Crippen LogP contribution >= 0.6 is 0 Å². The van der Waals surface area contributed by atoms with Crippen molar-refractivity contribution in [3.63, 3.8) is 0 Å². The standard InChI is InChI=1S/C13H13N/c1-11(2)8-9-13(10-14)12-6-4-3-5-7-12/h3-9H,1-2H3/b13-9+. The molecule has 1 rings (SSSR count). The molecule has 0 N–H and O–H groups in total. The minimum absolute atomic E-state index is 0.701. The quantitative estimate of drug-likeness (QED) is 0.508. The molecule has 0 unspecified atom stereocenters. The Balaban J connectivity index is 3.01. The topological polar surface area (TPSA) is 23.8 Å². The summed E-state index contributed by atoms with van der Waals surface area (Å²) >= 11 is 0. The van der Waals surface area contributed by atoms with Crippen molar-refractivity contribution < 1.29 is 0 Å². The van der Waals surface area contributed by atoms with Crippen LogP contribution in [0.1, 0.15) is 19.4 Å². The molecule has 0 atom stereocenters. The molecule has 1 nitrogen and oxygen atoms in total. The highest BCUT2D eigenvalue weighted by molar-refractivity contribution is 5.77. The molecule has 0 bridgehead atoms. The number of hydrogen-bond donors (Lipinski definition) is 0. The summed E-state index contributed by atoms with van der Waals surface area (Å²) in [6.45, 7) is 4.02. The van der Waals surface area contributed by atoms with Crippen molar-refractivity contribution in [3.8, 4) is 6.07 Å². The molecule has 0 amide bonds. The lowest BCUT2D eigenvalue weighted by Crippen LogP contribution is -1.79. The van der Waals surface area contributed by atoms with Gasteiger partial charge in [0.1, 0.15) is 0 Å². The molecule has 0 spiro atoms. The highest BCUT2D eigenvalue weighted by Crippen LogP contribution is 2.12. The maximum Gasteiger partial charge on any atom is 0.0997 e. The Kier molecular flexibility index (Phi) is 3.69. The minimum atomic E-state index is 0.701. The van der Waals surface area contributed by atoms with Gasteiger partial charge in [-0.3, -0.25) is 0 Å². The lowest BCUT2D eigenvalue weighted by atomic mass is 10.1. The summed E-state index contributed by atoms with van der Waals surface area (Å²) in [5.74, 6) is 0. The van der Waals surface area contributed by atoms with E-state index in [1.807, 2.05) is 56.3 Å². The Hall–Kier alpha value is -1.81. The molecule has 0 aromatic heterocycles. The van der Waals surface area contributed by atoms with Crippen LogP contribution in [-0.2, 0) is 0 Å². The van der Waals surface area contributed by atoms with Gasteiger partial charge in [0.25, 0.3) is 0 Å². The zero-order chi connectivity index (χ0) is 10.4. The van der Waals surface area contributed by atoms with Gasteiger partial charge in [0.05, 0.1) is 11.6 Å². The molecule has 0 fully saturated rings. The van der Waals surface area contributed by atoms with Crippen LogP contribution in [-0.4, -0.2) is 0 Å². The summed E-state index contributed by atoms with van der Waals surface area (Å²) in [5.41, 5.74) is 2.85. The van der Waals surface area contributed by atoms with E-state index in [-0.39, 0.29) is 0 Å². The number of benzene rings is 1. The van der Waals surface area contributed by atoms with Crippen molar-refractivity contribution in [1.29, 1.82) is 5.26 Å². The second-order valence-corrected chi connectivity index (χ2v) is 3.30. The highest BCUT2D eigenvalue weighted by Gasteiger charge is 1.96. The first kappa shape index (κ1) is 10.3. The number of hydrogen-bond acceptors (Lipinski definition) is 1. The summed E-state index contributed by atoms with van der Waals surface area (Å²) < 4.78 is 0. The van der Waals surface area contributed by atoms with Crippen molar-refractivity contribution in [2.45, 2.75) is 13.8 Å². The molecule has 0 radical (unpaired) electrons. The van der Waals surface area contributed by atoms with Gasteiger partial charge in [-0.15, -0.1) is 0 Å². The molecular formula is C13H13N. The van der Waals surface area contributed by atoms with Gasteiger partial charge in [-0.05, 0) is 25.5 Å². The monoisotopic (exact) mass is 183 g/mol. The van der Waals surface area contributed by atoms with Crippen LogP contribution in [0.5, 0.6) is 0 Å². The third kappa shape index (κ3) is 2.91. The average Bonchev–Trinajstić information content (AvgIpc) is 2.20. The van der Waals surface area contributed by atoms with Gasteiger partial charge in [0.2, 0.25) is 0 Å². The van der Waals surface area contributed by atoms with Gasteiger partial charge in [-0.25, -0.2) is 0 Å². The largest absolute Gasteiger partial charge is 0.192 e. The molecule has 1 aromatic rings. The van der Waals surface area contributed by atoms with Gasteiger partial charge in [-0.2, -0.15) is 5.26 Å². The fourth-order valence-electron chi connectivity index (χ4n) is 1.07. The Labute approximate surface area is 85.0 Å². The van der Waals surface area contributed by atoms with Gasteiger partial charge < -0.3 is 0 Å². The van der Waals surface area contributed by atoms with E-state index < -0.39 is 0 Å². The number of allylic oxidation sites excluding steroid dienone is 4. The summed E-state index contributed by atoms with van der Waals surface area (Å²) in [6, 6.07) is 11.9. The second-order valence-electron chi connectivity index (χ2n) is 3.30. The average molecular weight is 183 g/mol. The Morgan fingerprint density at radius 2 is 1.79 bits per heavy atom. The van der Waals surface area contributed by atoms with Crippen LogP contribution in [0.4, 0.5) is 0 Å². The van der Waals surface area contributed by atoms with E-state index in [4.69, 9.17) is 5.26 Å². The van der Waals surface area contributed by atoms with Crippen molar-refractivity contribution in [1.82, 2.24) is 0 Å². The molecule has 0 saturated heterocycles. The maximum atomic E-state index is 8.94. The Morgan fingerprint density at radius 3 is 2.29 bits per heavy atom. The molecule has 1 aromatic carbocycles. The molecule has 1 heteroatoms.